The van der Waals surface area contributed by atoms with E-state index in [0.29, 0.717) is 19.7 Å². The highest BCUT2D eigenvalue weighted by Gasteiger charge is 2.23. The van der Waals surface area contributed by atoms with Gasteiger partial charge in [-0.05, 0) is 22.0 Å². The third-order valence-corrected chi connectivity index (χ3v) is 3.10. The number of benzene rings is 1. The van der Waals surface area contributed by atoms with Gasteiger partial charge in [-0.25, -0.2) is 8.78 Å². The smallest absolute Gasteiger partial charge is 0.254 e. The molecule has 0 aliphatic carbocycles. The molecule has 1 aromatic carbocycles. The van der Waals surface area contributed by atoms with E-state index in [4.69, 9.17) is 4.74 Å². The Balaban J connectivity index is 2.08. The number of amides is 1. The van der Waals surface area contributed by atoms with Crippen LogP contribution in [0, 0.1) is 11.6 Å². The second kappa shape index (κ2) is 5.73. The summed E-state index contributed by atoms with van der Waals surface area (Å²) in [6.45, 7) is 1.44. The molecular weight excluding hydrogens is 310 g/mol. The summed E-state index contributed by atoms with van der Waals surface area (Å²) in [4.78, 5) is 11.7. The van der Waals surface area contributed by atoms with Crippen molar-refractivity contribution in [3.8, 4) is 0 Å². The van der Waals surface area contributed by atoms with Crippen molar-refractivity contribution in [1.82, 2.24) is 5.32 Å². The van der Waals surface area contributed by atoms with Crippen LogP contribution in [0.2, 0.25) is 0 Å². The molecule has 0 spiro atoms. The quantitative estimate of drug-likeness (QED) is 0.815. The zero-order valence-electron chi connectivity index (χ0n) is 9.30. The van der Waals surface area contributed by atoms with Crippen molar-refractivity contribution in [1.29, 1.82) is 0 Å². The highest BCUT2D eigenvalue weighted by Crippen LogP contribution is 2.23. The van der Waals surface area contributed by atoms with Crippen LogP contribution in [0.5, 0.6) is 0 Å². The summed E-state index contributed by atoms with van der Waals surface area (Å²) in [5.74, 6) is -1.85. The SMILES string of the molecule is O=C(Nc1cc(F)c(Br)cc1F)C1CNCCO1. The lowest BCUT2D eigenvalue weighted by Gasteiger charge is -2.22. The van der Waals surface area contributed by atoms with Crippen LogP contribution in [-0.4, -0.2) is 31.7 Å². The van der Waals surface area contributed by atoms with Gasteiger partial charge in [0.15, 0.2) is 0 Å². The first-order valence-corrected chi connectivity index (χ1v) is 6.15. The van der Waals surface area contributed by atoms with Gasteiger partial charge in [0.1, 0.15) is 17.7 Å². The molecular formula is C11H11BrF2N2O2. The van der Waals surface area contributed by atoms with E-state index in [2.05, 4.69) is 26.6 Å². The van der Waals surface area contributed by atoms with Crippen molar-refractivity contribution in [3.05, 3.63) is 28.2 Å². The summed E-state index contributed by atoms with van der Waals surface area (Å²) in [6.07, 6.45) is -0.690. The topological polar surface area (TPSA) is 50.4 Å². The molecule has 98 valence electrons. The molecule has 1 saturated heterocycles. The zero-order valence-corrected chi connectivity index (χ0v) is 10.9. The minimum absolute atomic E-state index is 0.00795. The first-order valence-electron chi connectivity index (χ1n) is 5.35. The molecule has 1 fully saturated rings. The number of anilines is 1. The summed E-state index contributed by atoms with van der Waals surface area (Å²) in [5, 5.41) is 5.28. The molecule has 1 heterocycles. The Morgan fingerprint density at radius 3 is 2.89 bits per heavy atom. The standard InChI is InChI=1S/C11H11BrF2N2O2/c12-6-3-8(14)9(4-7(6)13)16-11(17)10-5-15-1-2-18-10/h3-4,10,15H,1-2,5H2,(H,16,17). The van der Waals surface area contributed by atoms with Crippen LogP contribution in [0.4, 0.5) is 14.5 Å². The number of rotatable bonds is 2. The molecule has 0 saturated carbocycles. The van der Waals surface area contributed by atoms with E-state index in [-0.39, 0.29) is 10.2 Å². The minimum Gasteiger partial charge on any atom is -0.366 e. The Bertz CT molecular complexity index is 465. The van der Waals surface area contributed by atoms with Crippen LogP contribution in [0.1, 0.15) is 0 Å². The van der Waals surface area contributed by atoms with Crippen LogP contribution in [0.15, 0.2) is 16.6 Å². The first-order chi connectivity index (χ1) is 8.58. The largest absolute Gasteiger partial charge is 0.366 e. The number of halogens is 3. The summed E-state index contributed by atoms with van der Waals surface area (Å²) >= 11 is 2.86. The van der Waals surface area contributed by atoms with Gasteiger partial charge in [0.2, 0.25) is 0 Å². The molecule has 1 atom stereocenters. The summed E-state index contributed by atoms with van der Waals surface area (Å²) < 4.78 is 31.9. The fourth-order valence-corrected chi connectivity index (χ4v) is 1.88. The van der Waals surface area contributed by atoms with Gasteiger partial charge in [-0.1, -0.05) is 0 Å². The van der Waals surface area contributed by atoms with Gasteiger partial charge in [-0.2, -0.15) is 0 Å². The van der Waals surface area contributed by atoms with Gasteiger partial charge in [-0.15, -0.1) is 0 Å². The molecule has 2 N–H and O–H groups in total. The summed E-state index contributed by atoms with van der Waals surface area (Å²) in [6, 6.07) is 1.89. The highest BCUT2D eigenvalue weighted by molar-refractivity contribution is 9.10. The lowest BCUT2D eigenvalue weighted by Crippen LogP contribution is -2.45. The van der Waals surface area contributed by atoms with Crippen molar-refractivity contribution in [2.45, 2.75) is 6.10 Å². The van der Waals surface area contributed by atoms with E-state index < -0.39 is 23.6 Å². The molecule has 1 aliphatic heterocycles. The number of carbonyl (C=O) groups excluding carboxylic acids is 1. The molecule has 7 heteroatoms. The van der Waals surface area contributed by atoms with Crippen LogP contribution >= 0.6 is 15.9 Å². The van der Waals surface area contributed by atoms with Crippen LogP contribution in [-0.2, 0) is 9.53 Å². The number of hydrogen-bond acceptors (Lipinski definition) is 3. The molecule has 0 bridgehead atoms. The molecule has 2 rings (SSSR count). The first kappa shape index (κ1) is 13.4. The van der Waals surface area contributed by atoms with Crippen molar-refractivity contribution < 1.29 is 18.3 Å². The van der Waals surface area contributed by atoms with Crippen LogP contribution in [0.3, 0.4) is 0 Å². The van der Waals surface area contributed by atoms with Crippen molar-refractivity contribution in [3.63, 3.8) is 0 Å². The maximum absolute atomic E-state index is 13.5. The van der Waals surface area contributed by atoms with E-state index >= 15 is 0 Å². The lowest BCUT2D eigenvalue weighted by atomic mass is 10.2. The number of nitrogens with one attached hydrogen (secondary N) is 2. The maximum Gasteiger partial charge on any atom is 0.254 e. The van der Waals surface area contributed by atoms with Crippen LogP contribution in [0.25, 0.3) is 0 Å². The van der Waals surface area contributed by atoms with Crippen molar-refractivity contribution >= 4 is 27.5 Å². The third-order valence-electron chi connectivity index (χ3n) is 2.49. The number of hydrogen-bond donors (Lipinski definition) is 2. The van der Waals surface area contributed by atoms with E-state index in [1.165, 1.54) is 0 Å². The highest BCUT2D eigenvalue weighted by atomic mass is 79.9. The van der Waals surface area contributed by atoms with Gasteiger partial charge in [0, 0.05) is 19.2 Å². The molecule has 1 aliphatic rings. The monoisotopic (exact) mass is 320 g/mol. The Kier molecular flexibility index (Phi) is 4.26. The Labute approximate surface area is 111 Å². The molecule has 0 aromatic heterocycles. The van der Waals surface area contributed by atoms with Crippen LogP contribution < -0.4 is 10.6 Å². The predicted octanol–water partition coefficient (Wildman–Crippen LogP) is 1.65. The Hall–Kier alpha value is -1.05. The molecule has 0 radical (unpaired) electrons. The van der Waals surface area contributed by atoms with Gasteiger partial charge in [-0.3, -0.25) is 4.79 Å². The number of morpholine rings is 1. The van der Waals surface area contributed by atoms with Crippen molar-refractivity contribution in [2.24, 2.45) is 0 Å². The molecule has 18 heavy (non-hydrogen) atoms. The van der Waals surface area contributed by atoms with Crippen molar-refractivity contribution in [2.75, 3.05) is 25.0 Å². The van der Waals surface area contributed by atoms with Gasteiger partial charge in [0.25, 0.3) is 5.91 Å². The van der Waals surface area contributed by atoms with E-state index in [9.17, 15) is 13.6 Å². The zero-order chi connectivity index (χ0) is 13.1. The average Bonchev–Trinajstić information content (AvgIpc) is 2.37. The molecule has 1 aromatic rings. The minimum atomic E-state index is -0.708. The fraction of sp³-hybridized carbons (Fsp3) is 0.364. The predicted molar refractivity (Wildman–Crippen MR) is 65.3 cm³/mol. The van der Waals surface area contributed by atoms with E-state index in [1.54, 1.807) is 0 Å². The molecule has 4 nitrogen and oxygen atoms in total. The number of ether oxygens (including phenoxy) is 1. The van der Waals surface area contributed by atoms with E-state index in [0.717, 1.165) is 12.1 Å². The van der Waals surface area contributed by atoms with E-state index in [1.807, 2.05) is 0 Å². The molecule has 1 unspecified atom stereocenters. The fourth-order valence-electron chi connectivity index (χ4n) is 1.57. The van der Waals surface area contributed by atoms with Gasteiger partial charge >= 0.3 is 0 Å². The second-order valence-electron chi connectivity index (χ2n) is 3.80. The van der Waals surface area contributed by atoms with Gasteiger partial charge < -0.3 is 15.4 Å². The maximum atomic E-state index is 13.5. The molecule has 1 amide bonds. The normalized spacial score (nSPS) is 19.6. The Morgan fingerprint density at radius 2 is 2.22 bits per heavy atom. The number of carbonyl (C=O) groups is 1. The lowest BCUT2D eigenvalue weighted by molar-refractivity contribution is -0.128. The summed E-state index contributed by atoms with van der Waals surface area (Å²) in [5.41, 5.74) is -0.199. The van der Waals surface area contributed by atoms with Gasteiger partial charge in [0.05, 0.1) is 16.8 Å². The Morgan fingerprint density at radius 1 is 1.44 bits per heavy atom. The second-order valence-corrected chi connectivity index (χ2v) is 4.65. The third kappa shape index (κ3) is 3.04. The average molecular weight is 321 g/mol. The summed E-state index contributed by atoms with van der Waals surface area (Å²) in [7, 11) is 0.